The van der Waals surface area contributed by atoms with Gasteiger partial charge in [-0.15, -0.1) is 0 Å². The molecule has 1 saturated heterocycles. The molecule has 0 aromatic heterocycles. The van der Waals surface area contributed by atoms with Crippen LogP contribution in [-0.4, -0.2) is 47.4 Å². The van der Waals surface area contributed by atoms with Gasteiger partial charge in [0.05, 0.1) is 11.6 Å². The molecular weight excluding hydrogens is 330 g/mol. The first-order chi connectivity index (χ1) is 9.76. The van der Waals surface area contributed by atoms with Crippen molar-refractivity contribution in [3.05, 3.63) is 34.3 Å². The Morgan fingerprint density at radius 2 is 1.90 bits per heavy atom. The van der Waals surface area contributed by atoms with Crippen molar-refractivity contribution in [2.45, 2.75) is 38.4 Å². The molecule has 21 heavy (non-hydrogen) atoms. The van der Waals surface area contributed by atoms with Gasteiger partial charge in [0.15, 0.2) is 0 Å². The van der Waals surface area contributed by atoms with Crippen LogP contribution >= 0.6 is 15.9 Å². The third-order valence-electron chi connectivity index (χ3n) is 4.32. The minimum Gasteiger partial charge on any atom is -0.343 e. The first kappa shape index (κ1) is 16.5. The number of rotatable bonds is 3. The van der Waals surface area contributed by atoms with E-state index in [9.17, 15) is 4.79 Å². The predicted molar refractivity (Wildman–Crippen MR) is 89.0 cm³/mol. The lowest BCUT2D eigenvalue weighted by Gasteiger charge is -2.49. The van der Waals surface area contributed by atoms with E-state index in [-0.39, 0.29) is 18.0 Å². The number of nitrogens with two attached hydrogens (primary N) is 1. The van der Waals surface area contributed by atoms with E-state index < -0.39 is 5.54 Å². The van der Waals surface area contributed by atoms with Gasteiger partial charge in [-0.3, -0.25) is 9.69 Å². The van der Waals surface area contributed by atoms with Crippen molar-refractivity contribution in [2.24, 2.45) is 5.73 Å². The lowest BCUT2D eigenvalue weighted by atomic mass is 9.90. The fourth-order valence-corrected chi connectivity index (χ4v) is 3.68. The van der Waals surface area contributed by atoms with Crippen molar-refractivity contribution in [1.29, 1.82) is 0 Å². The number of piperazine rings is 1. The monoisotopic (exact) mass is 353 g/mol. The van der Waals surface area contributed by atoms with Gasteiger partial charge in [0, 0.05) is 30.7 Å². The summed E-state index contributed by atoms with van der Waals surface area (Å²) in [4.78, 5) is 16.6. The van der Waals surface area contributed by atoms with E-state index in [1.807, 2.05) is 46.0 Å². The van der Waals surface area contributed by atoms with Crippen molar-refractivity contribution in [3.8, 4) is 0 Å². The van der Waals surface area contributed by atoms with Gasteiger partial charge in [-0.05, 0) is 32.4 Å². The molecule has 2 N–H and O–H groups in total. The van der Waals surface area contributed by atoms with Gasteiger partial charge in [0.25, 0.3) is 0 Å². The summed E-state index contributed by atoms with van der Waals surface area (Å²) in [6, 6.07) is 8.05. The Morgan fingerprint density at radius 3 is 2.48 bits per heavy atom. The van der Waals surface area contributed by atoms with Crippen LogP contribution in [0.4, 0.5) is 0 Å². The van der Waals surface area contributed by atoms with Crippen LogP contribution in [-0.2, 0) is 4.79 Å². The number of carbonyl (C=O) groups excluding carboxylic acids is 1. The highest BCUT2D eigenvalue weighted by molar-refractivity contribution is 9.10. The third-order valence-corrected chi connectivity index (χ3v) is 5.04. The van der Waals surface area contributed by atoms with Crippen LogP contribution in [0.15, 0.2) is 28.7 Å². The molecule has 1 heterocycles. The molecule has 1 aromatic rings. The molecule has 1 fully saturated rings. The van der Waals surface area contributed by atoms with Crippen LogP contribution in [0, 0.1) is 0 Å². The van der Waals surface area contributed by atoms with Crippen LogP contribution in [0.1, 0.15) is 32.4 Å². The molecule has 1 aliphatic rings. The predicted octanol–water partition coefficient (Wildman–Crippen LogP) is 2.39. The molecule has 2 rings (SSSR count). The number of carbonyl (C=O) groups is 1. The van der Waals surface area contributed by atoms with Crippen LogP contribution in [0.2, 0.25) is 0 Å². The van der Waals surface area contributed by atoms with Crippen LogP contribution in [0.25, 0.3) is 0 Å². The number of benzene rings is 1. The van der Waals surface area contributed by atoms with Crippen molar-refractivity contribution in [3.63, 3.8) is 0 Å². The number of hydrogen-bond acceptors (Lipinski definition) is 3. The minimum absolute atomic E-state index is 0.00762. The summed E-state index contributed by atoms with van der Waals surface area (Å²) >= 11 is 3.62. The summed E-state index contributed by atoms with van der Waals surface area (Å²) in [5.74, 6) is 0.145. The summed E-state index contributed by atoms with van der Waals surface area (Å²) in [7, 11) is 1.86. The van der Waals surface area contributed by atoms with Gasteiger partial charge in [0.1, 0.15) is 0 Å². The summed E-state index contributed by atoms with van der Waals surface area (Å²) in [5.41, 5.74) is 6.86. The normalized spacial score (nSPS) is 22.2. The van der Waals surface area contributed by atoms with Gasteiger partial charge < -0.3 is 10.6 Å². The maximum absolute atomic E-state index is 12.5. The van der Waals surface area contributed by atoms with Gasteiger partial charge in [-0.2, -0.15) is 0 Å². The summed E-state index contributed by atoms with van der Waals surface area (Å²) in [6.07, 6.45) is 0. The van der Waals surface area contributed by atoms with Gasteiger partial charge in [-0.25, -0.2) is 0 Å². The molecule has 116 valence electrons. The van der Waals surface area contributed by atoms with Crippen LogP contribution in [0.5, 0.6) is 0 Å². The lowest BCUT2D eigenvalue weighted by Crippen LogP contribution is -2.64. The van der Waals surface area contributed by atoms with E-state index >= 15 is 0 Å². The Kier molecular flexibility index (Phi) is 4.76. The average molecular weight is 354 g/mol. The summed E-state index contributed by atoms with van der Waals surface area (Å²) in [5, 5.41) is 0. The molecule has 1 amide bonds. The second kappa shape index (κ2) is 6.07. The maximum Gasteiger partial charge on any atom is 0.242 e. The van der Waals surface area contributed by atoms with Crippen LogP contribution in [0.3, 0.4) is 0 Å². The molecule has 1 aliphatic heterocycles. The van der Waals surface area contributed by atoms with Crippen LogP contribution < -0.4 is 5.73 Å². The quantitative estimate of drug-likeness (QED) is 0.907. The molecule has 2 atom stereocenters. The Bertz CT molecular complexity index is 530. The topological polar surface area (TPSA) is 49.6 Å². The smallest absolute Gasteiger partial charge is 0.242 e. The Balaban J connectivity index is 2.44. The summed E-state index contributed by atoms with van der Waals surface area (Å²) < 4.78 is 1.04. The zero-order valence-electron chi connectivity index (χ0n) is 13.1. The highest BCUT2D eigenvalue weighted by Gasteiger charge is 2.45. The SMILES string of the molecule is CC(N)C(c1ccccc1Br)N1CCN(C)C(=O)C1(C)C. The van der Waals surface area contributed by atoms with Crippen molar-refractivity contribution in [1.82, 2.24) is 9.80 Å². The van der Waals surface area contributed by atoms with E-state index in [2.05, 4.69) is 26.9 Å². The molecule has 0 radical (unpaired) electrons. The number of amides is 1. The lowest BCUT2D eigenvalue weighted by molar-refractivity contribution is -0.150. The maximum atomic E-state index is 12.5. The van der Waals surface area contributed by atoms with Gasteiger partial charge in [-0.1, -0.05) is 34.1 Å². The molecule has 0 spiro atoms. The molecule has 5 heteroatoms. The fourth-order valence-electron chi connectivity index (χ4n) is 3.17. The molecule has 4 nitrogen and oxygen atoms in total. The Hall–Kier alpha value is -0.910. The zero-order chi connectivity index (χ0) is 15.8. The Morgan fingerprint density at radius 1 is 1.29 bits per heavy atom. The second-order valence-corrected chi connectivity index (χ2v) is 7.16. The largest absolute Gasteiger partial charge is 0.343 e. The zero-order valence-corrected chi connectivity index (χ0v) is 14.7. The van der Waals surface area contributed by atoms with Crippen molar-refractivity contribution in [2.75, 3.05) is 20.1 Å². The van der Waals surface area contributed by atoms with Gasteiger partial charge >= 0.3 is 0 Å². The number of likely N-dealkylation sites (N-methyl/N-ethyl adjacent to an activating group) is 1. The van der Waals surface area contributed by atoms with Crippen molar-refractivity contribution >= 4 is 21.8 Å². The molecule has 0 saturated carbocycles. The van der Waals surface area contributed by atoms with E-state index in [0.717, 1.165) is 23.1 Å². The highest BCUT2D eigenvalue weighted by Crippen LogP contribution is 2.36. The van der Waals surface area contributed by atoms with E-state index in [0.29, 0.717) is 0 Å². The first-order valence-electron chi connectivity index (χ1n) is 7.29. The average Bonchev–Trinajstić information content (AvgIpc) is 2.41. The minimum atomic E-state index is -0.555. The molecular formula is C16H24BrN3O. The standard InChI is InChI=1S/C16H24BrN3O/c1-11(18)14(12-7-5-6-8-13(12)17)20-10-9-19(4)15(21)16(20,2)3/h5-8,11,14H,9-10,18H2,1-4H3. The number of hydrogen-bond donors (Lipinski definition) is 1. The first-order valence-corrected chi connectivity index (χ1v) is 8.08. The highest BCUT2D eigenvalue weighted by atomic mass is 79.9. The summed E-state index contributed by atoms with van der Waals surface area (Å²) in [6.45, 7) is 7.52. The number of nitrogens with zero attached hydrogens (tertiary/aromatic N) is 2. The molecule has 0 aliphatic carbocycles. The molecule has 2 unspecified atom stereocenters. The molecule has 1 aromatic carbocycles. The van der Waals surface area contributed by atoms with Crippen molar-refractivity contribution < 1.29 is 4.79 Å². The second-order valence-electron chi connectivity index (χ2n) is 6.30. The molecule has 0 bridgehead atoms. The van der Waals surface area contributed by atoms with E-state index in [1.165, 1.54) is 0 Å². The fraction of sp³-hybridized carbons (Fsp3) is 0.562. The number of halogens is 1. The van der Waals surface area contributed by atoms with Gasteiger partial charge in [0.2, 0.25) is 5.91 Å². The van der Waals surface area contributed by atoms with E-state index in [4.69, 9.17) is 5.73 Å². The third kappa shape index (κ3) is 3.00. The van der Waals surface area contributed by atoms with E-state index in [1.54, 1.807) is 4.90 Å². The Labute approximate surface area is 135 Å².